The molecule has 0 radical (unpaired) electrons. The second kappa shape index (κ2) is 7.91. The summed E-state index contributed by atoms with van der Waals surface area (Å²) in [5.74, 6) is 0. The molecular formula is C19H28Cl2Zr. The van der Waals surface area contributed by atoms with Crippen LogP contribution in [0.15, 0.2) is 42.0 Å². The fourth-order valence-electron chi connectivity index (χ4n) is 2.72. The zero-order chi connectivity index (χ0) is 15.1. The van der Waals surface area contributed by atoms with Crippen molar-refractivity contribution in [2.45, 2.75) is 54.4 Å². The summed E-state index contributed by atoms with van der Waals surface area (Å²) in [6.45, 7) is 13.8. The topological polar surface area (TPSA) is 0 Å². The molecule has 0 aromatic carbocycles. The van der Waals surface area contributed by atoms with Gasteiger partial charge in [-0.15, -0.1) is 0 Å². The first-order valence-corrected chi connectivity index (χ1v) is 11.8. The van der Waals surface area contributed by atoms with Gasteiger partial charge in [0, 0.05) is 0 Å². The fourth-order valence-corrected chi connectivity index (χ4v) is 7.07. The Labute approximate surface area is 156 Å². The largest absolute Gasteiger partial charge is 1.00 e. The monoisotopic (exact) mass is 416 g/mol. The predicted molar refractivity (Wildman–Crippen MR) is 87.6 cm³/mol. The van der Waals surface area contributed by atoms with Gasteiger partial charge in [0.1, 0.15) is 0 Å². The summed E-state index contributed by atoms with van der Waals surface area (Å²) in [4.78, 5) is 0. The number of halogens is 2. The second-order valence-corrected chi connectivity index (χ2v) is 13.6. The molecule has 0 aromatic heterocycles. The van der Waals surface area contributed by atoms with Gasteiger partial charge in [-0.3, -0.25) is 0 Å². The molecule has 0 fully saturated rings. The van der Waals surface area contributed by atoms with Crippen LogP contribution in [0.2, 0.25) is 0 Å². The fraction of sp³-hybridized carbons (Fsp3) is 0.526. The summed E-state index contributed by atoms with van der Waals surface area (Å²) >= 11 is -1.78. The Kier molecular flexibility index (Phi) is 8.02. The Balaban J connectivity index is 0.00000220. The molecule has 3 heteroatoms. The SMILES string of the molecule is [CH2]=[Zr+2]([C]1=CC(C(C)(C)C)=CC1)[C]1=CC(C(C)(C)C)=CC1.[Cl-].[Cl-]. The third-order valence-electron chi connectivity index (χ3n) is 4.25. The molecule has 0 heterocycles. The van der Waals surface area contributed by atoms with Crippen molar-refractivity contribution in [3.05, 3.63) is 42.0 Å². The van der Waals surface area contributed by atoms with Gasteiger partial charge in [0.05, 0.1) is 0 Å². The molecule has 0 spiro atoms. The van der Waals surface area contributed by atoms with E-state index in [1.165, 1.54) is 11.1 Å². The standard InChI is InChI=1S/2C9H13.CH2.2ClH.Zr/c2*1-9(2,3)8-6-4-5-7-8;;;;/h2*6-7H,4H2,1-3H3;1H2;2*1H;/q;;;;;+2/p-2. The Morgan fingerprint density at radius 1 is 0.773 bits per heavy atom. The normalized spacial score (nSPS) is 17.3. The number of rotatable bonds is 2. The van der Waals surface area contributed by atoms with Gasteiger partial charge in [-0.2, -0.15) is 0 Å². The van der Waals surface area contributed by atoms with Crippen LogP contribution in [0.5, 0.6) is 0 Å². The zero-order valence-electron chi connectivity index (χ0n) is 14.7. The molecule has 0 aliphatic heterocycles. The minimum atomic E-state index is -1.78. The number of hydrogen-bond donors (Lipinski definition) is 0. The van der Waals surface area contributed by atoms with Crippen LogP contribution in [-0.4, -0.2) is 4.21 Å². The van der Waals surface area contributed by atoms with Crippen molar-refractivity contribution < 1.29 is 46.1 Å². The molecule has 0 nitrogen and oxygen atoms in total. The Hall–Kier alpha value is 0.293. The maximum atomic E-state index is 4.63. The van der Waals surface area contributed by atoms with Gasteiger partial charge in [0.25, 0.3) is 0 Å². The average molecular weight is 419 g/mol. The van der Waals surface area contributed by atoms with Crippen LogP contribution in [0.1, 0.15) is 54.4 Å². The van der Waals surface area contributed by atoms with E-state index in [1.807, 2.05) is 0 Å². The molecule has 0 saturated heterocycles. The smallest absolute Gasteiger partial charge is 1.00 e. The minimum absolute atomic E-state index is 0. The third-order valence-corrected chi connectivity index (χ3v) is 9.77. The summed E-state index contributed by atoms with van der Waals surface area (Å²) in [5, 5.41) is 0. The van der Waals surface area contributed by atoms with E-state index in [2.05, 4.69) is 70.1 Å². The number of hydrogen-bond acceptors (Lipinski definition) is 0. The molecular weight excluding hydrogens is 390 g/mol. The van der Waals surface area contributed by atoms with Crippen LogP contribution in [0.4, 0.5) is 0 Å². The molecule has 2 rings (SSSR count). The van der Waals surface area contributed by atoms with Crippen molar-refractivity contribution in [1.82, 2.24) is 0 Å². The van der Waals surface area contributed by atoms with Crippen molar-refractivity contribution in [3.63, 3.8) is 0 Å². The van der Waals surface area contributed by atoms with E-state index in [4.69, 9.17) is 0 Å². The van der Waals surface area contributed by atoms with Gasteiger partial charge < -0.3 is 24.8 Å². The van der Waals surface area contributed by atoms with Crippen molar-refractivity contribution in [3.8, 4) is 0 Å². The van der Waals surface area contributed by atoms with E-state index in [1.54, 1.807) is 6.56 Å². The van der Waals surface area contributed by atoms with Crippen LogP contribution < -0.4 is 24.8 Å². The summed E-state index contributed by atoms with van der Waals surface area (Å²) in [7, 11) is 0. The van der Waals surface area contributed by atoms with Crippen LogP contribution in [-0.2, 0) is 21.3 Å². The van der Waals surface area contributed by atoms with Gasteiger partial charge in [-0.25, -0.2) is 0 Å². The summed E-state index contributed by atoms with van der Waals surface area (Å²) in [6, 6.07) is 0. The van der Waals surface area contributed by atoms with Crippen molar-refractivity contribution in [2.75, 3.05) is 0 Å². The second-order valence-electron chi connectivity index (χ2n) is 8.04. The van der Waals surface area contributed by atoms with Crippen molar-refractivity contribution in [1.29, 1.82) is 0 Å². The summed E-state index contributed by atoms with van der Waals surface area (Å²) in [6.07, 6.45) is 12.1. The molecule has 22 heavy (non-hydrogen) atoms. The van der Waals surface area contributed by atoms with Crippen molar-refractivity contribution in [2.24, 2.45) is 10.8 Å². The van der Waals surface area contributed by atoms with E-state index in [0.717, 1.165) is 12.8 Å². The molecule has 0 amide bonds. The average Bonchev–Trinajstić information content (AvgIpc) is 2.96. The van der Waals surface area contributed by atoms with Gasteiger partial charge in [0.2, 0.25) is 0 Å². The van der Waals surface area contributed by atoms with Gasteiger partial charge >= 0.3 is 133 Å². The zero-order valence-corrected chi connectivity index (χ0v) is 18.7. The van der Waals surface area contributed by atoms with E-state index >= 15 is 0 Å². The first kappa shape index (κ1) is 22.3. The molecule has 2 aliphatic rings. The van der Waals surface area contributed by atoms with Gasteiger partial charge in [-0.1, -0.05) is 0 Å². The third kappa shape index (κ3) is 5.15. The van der Waals surface area contributed by atoms with E-state index < -0.39 is 21.3 Å². The molecule has 0 aromatic rings. The van der Waals surface area contributed by atoms with E-state index in [0.29, 0.717) is 0 Å². The maximum absolute atomic E-state index is 4.63. The van der Waals surface area contributed by atoms with Crippen LogP contribution in [0.25, 0.3) is 0 Å². The van der Waals surface area contributed by atoms with Gasteiger partial charge in [0.15, 0.2) is 0 Å². The minimum Gasteiger partial charge on any atom is -1.00 e. The molecule has 0 N–H and O–H groups in total. The molecule has 122 valence electrons. The van der Waals surface area contributed by atoms with Crippen LogP contribution in [0, 0.1) is 10.8 Å². The Morgan fingerprint density at radius 3 is 1.32 bits per heavy atom. The molecule has 0 bridgehead atoms. The van der Waals surface area contributed by atoms with Crippen LogP contribution in [0.3, 0.4) is 0 Å². The Bertz CT molecular complexity index is 511. The van der Waals surface area contributed by atoms with Crippen LogP contribution >= 0.6 is 0 Å². The summed E-state index contributed by atoms with van der Waals surface area (Å²) < 4.78 is 7.98. The quantitative estimate of drug-likeness (QED) is 0.571. The first-order valence-electron chi connectivity index (χ1n) is 7.61. The molecule has 0 unspecified atom stereocenters. The molecule has 2 aliphatic carbocycles. The molecule has 0 atom stereocenters. The first-order chi connectivity index (χ1) is 9.09. The number of allylic oxidation sites excluding steroid dienone is 8. The van der Waals surface area contributed by atoms with Gasteiger partial charge in [-0.05, 0) is 0 Å². The maximum Gasteiger partial charge on any atom is -1.00 e. The van der Waals surface area contributed by atoms with Crippen molar-refractivity contribution >= 4 is 4.21 Å². The molecule has 0 saturated carbocycles. The van der Waals surface area contributed by atoms with E-state index in [-0.39, 0.29) is 35.6 Å². The summed E-state index contributed by atoms with van der Waals surface area (Å²) in [5.41, 5.74) is 3.59. The predicted octanol–water partition coefficient (Wildman–Crippen LogP) is -0.435. The Morgan fingerprint density at radius 2 is 1.09 bits per heavy atom. The van der Waals surface area contributed by atoms with E-state index in [9.17, 15) is 0 Å².